The fourth-order valence-electron chi connectivity index (χ4n) is 4.45. The van der Waals surface area contributed by atoms with Crippen LogP contribution in [0.25, 0.3) is 0 Å². The summed E-state index contributed by atoms with van der Waals surface area (Å²) in [5.41, 5.74) is -0.336. The van der Waals surface area contributed by atoms with Crippen molar-refractivity contribution < 1.29 is 36.2 Å². The van der Waals surface area contributed by atoms with E-state index in [1.165, 1.54) is 16.8 Å². The highest BCUT2D eigenvalue weighted by molar-refractivity contribution is 7.74. The van der Waals surface area contributed by atoms with Crippen molar-refractivity contribution in [1.82, 2.24) is 9.55 Å². The summed E-state index contributed by atoms with van der Waals surface area (Å²) < 4.78 is 53.0. The largest absolute Gasteiger partial charge is 0.414 e. The van der Waals surface area contributed by atoms with Gasteiger partial charge in [-0.25, -0.2) is 4.79 Å². The lowest BCUT2D eigenvalue weighted by atomic mass is 10.1. The Hall–Kier alpha value is -2.32. The van der Waals surface area contributed by atoms with Crippen LogP contribution >= 0.6 is 0 Å². The molecule has 13 nitrogen and oxygen atoms in total. The quantitative estimate of drug-likeness (QED) is 0.103. The lowest BCUT2D eigenvalue weighted by Gasteiger charge is -2.40. The molecule has 16 heteroatoms. The van der Waals surface area contributed by atoms with Crippen LogP contribution in [-0.2, 0) is 36.3 Å². The molecule has 0 saturated carbocycles. The number of para-hydroxylation sites is 1. The first-order chi connectivity index (χ1) is 21.0. The van der Waals surface area contributed by atoms with Gasteiger partial charge in [0, 0.05) is 18.7 Å². The standard InChI is InChI=1S/C30H49N3O10SSi2/c1-20(22-14-12-13-15-23(22)33(35)36)39-18-21-17-32(28(34)31-27(21)42-44(37)38)26-16-24(43-46(10,11)30(5,6)7)25(41-26)19-40-45(8,9)29(2,3)4/h12-15,17,20,24-26H,16,18-19H2,1-11H3,(H,37,38)/t20?,24-,25-,26-/m1/s1. The maximum Gasteiger partial charge on any atom is 0.359 e. The molecular formula is C30H49N3O10SSi2. The molecule has 1 aromatic carbocycles. The van der Waals surface area contributed by atoms with E-state index in [9.17, 15) is 23.7 Å². The molecule has 1 aliphatic heterocycles. The first-order valence-electron chi connectivity index (χ1n) is 15.3. The molecule has 0 aliphatic carbocycles. The zero-order valence-electron chi connectivity index (χ0n) is 28.7. The van der Waals surface area contributed by atoms with Crippen LogP contribution in [0.5, 0.6) is 5.88 Å². The van der Waals surface area contributed by atoms with Gasteiger partial charge in [-0.3, -0.25) is 19.2 Å². The zero-order chi connectivity index (χ0) is 34.8. The number of ether oxygens (including phenoxy) is 2. The smallest absolute Gasteiger partial charge is 0.359 e. The van der Waals surface area contributed by atoms with Crippen molar-refractivity contribution in [3.05, 3.63) is 62.2 Å². The first kappa shape index (κ1) is 38.1. The third-order valence-corrected chi connectivity index (χ3v) is 18.7. The molecule has 258 valence electrons. The zero-order valence-corrected chi connectivity index (χ0v) is 31.5. The molecule has 1 aromatic heterocycles. The first-order valence-corrected chi connectivity index (χ1v) is 22.1. The maximum absolute atomic E-state index is 13.3. The monoisotopic (exact) mass is 699 g/mol. The fraction of sp³-hybridized carbons (Fsp3) is 0.667. The van der Waals surface area contributed by atoms with E-state index in [1.54, 1.807) is 25.1 Å². The lowest BCUT2D eigenvalue weighted by molar-refractivity contribution is -0.386. The number of nitro benzene ring substituents is 1. The highest BCUT2D eigenvalue weighted by Gasteiger charge is 2.47. The van der Waals surface area contributed by atoms with Crippen LogP contribution < -0.4 is 9.87 Å². The molecule has 0 amide bonds. The van der Waals surface area contributed by atoms with Gasteiger partial charge >= 0.3 is 17.1 Å². The van der Waals surface area contributed by atoms with Crippen LogP contribution in [0.4, 0.5) is 5.69 Å². The number of hydrogen-bond acceptors (Lipinski definition) is 10. The van der Waals surface area contributed by atoms with Crippen molar-refractivity contribution in [3.63, 3.8) is 0 Å². The molecule has 2 heterocycles. The molecule has 5 atom stereocenters. The van der Waals surface area contributed by atoms with E-state index in [-0.39, 0.29) is 39.9 Å². The highest BCUT2D eigenvalue weighted by Crippen LogP contribution is 2.42. The number of nitro groups is 1. The van der Waals surface area contributed by atoms with Crippen molar-refractivity contribution in [3.8, 4) is 5.88 Å². The minimum absolute atomic E-state index is 0.0174. The maximum atomic E-state index is 13.3. The van der Waals surface area contributed by atoms with E-state index < -0.39 is 57.0 Å². The summed E-state index contributed by atoms with van der Waals surface area (Å²) in [4.78, 5) is 28.3. The van der Waals surface area contributed by atoms with Gasteiger partial charge < -0.3 is 22.5 Å². The van der Waals surface area contributed by atoms with Crippen LogP contribution in [0.3, 0.4) is 0 Å². The van der Waals surface area contributed by atoms with Gasteiger partial charge in [0.05, 0.1) is 41.5 Å². The van der Waals surface area contributed by atoms with Crippen molar-refractivity contribution in [1.29, 1.82) is 0 Å². The SMILES string of the molecule is CC(OCc1cn([C@H]2C[C@@H](O[Si](C)(C)C(C)(C)C)[C@@H](CO[Si](C)(C)C(C)(C)C)O2)c(=O)nc1OS(=O)O)c1ccccc1[N+](=O)[O-]. The molecule has 2 aromatic rings. The summed E-state index contributed by atoms with van der Waals surface area (Å²) in [5, 5.41) is 11.5. The van der Waals surface area contributed by atoms with E-state index in [1.807, 2.05) is 0 Å². The Morgan fingerprint density at radius 2 is 1.74 bits per heavy atom. The minimum atomic E-state index is -2.77. The lowest BCUT2D eigenvalue weighted by Crippen LogP contribution is -2.48. The van der Waals surface area contributed by atoms with Crippen LogP contribution in [0, 0.1) is 10.1 Å². The third kappa shape index (κ3) is 9.18. The Bertz CT molecular complexity index is 1470. The Kier molecular flexibility index (Phi) is 12.0. The Morgan fingerprint density at radius 3 is 2.30 bits per heavy atom. The van der Waals surface area contributed by atoms with Crippen molar-refractivity contribution in [2.24, 2.45) is 0 Å². The number of nitrogens with zero attached hydrogens (tertiary/aromatic N) is 3. The molecule has 1 aliphatic rings. The molecule has 3 rings (SSSR count). The number of hydrogen-bond donors (Lipinski definition) is 1. The summed E-state index contributed by atoms with van der Waals surface area (Å²) >= 11 is -2.77. The minimum Gasteiger partial charge on any atom is -0.414 e. The van der Waals surface area contributed by atoms with Gasteiger partial charge in [0.25, 0.3) is 5.69 Å². The topological polar surface area (TPSA) is 161 Å². The highest BCUT2D eigenvalue weighted by atomic mass is 32.2. The van der Waals surface area contributed by atoms with Gasteiger partial charge in [-0.1, -0.05) is 53.7 Å². The molecule has 46 heavy (non-hydrogen) atoms. The second-order valence-corrected chi connectivity index (χ2v) is 24.9. The number of aromatic nitrogens is 2. The molecule has 0 spiro atoms. The Morgan fingerprint density at radius 1 is 1.13 bits per heavy atom. The second kappa shape index (κ2) is 14.4. The van der Waals surface area contributed by atoms with E-state index in [2.05, 4.69) is 72.7 Å². The van der Waals surface area contributed by atoms with E-state index in [4.69, 9.17) is 22.5 Å². The van der Waals surface area contributed by atoms with Gasteiger partial charge in [-0.2, -0.15) is 9.19 Å². The van der Waals surface area contributed by atoms with Crippen LogP contribution in [-0.4, -0.2) is 58.7 Å². The van der Waals surface area contributed by atoms with E-state index >= 15 is 0 Å². The average molecular weight is 700 g/mol. The Balaban J connectivity index is 1.95. The van der Waals surface area contributed by atoms with Gasteiger partial charge in [0.1, 0.15) is 12.3 Å². The molecule has 2 unspecified atom stereocenters. The summed E-state index contributed by atoms with van der Waals surface area (Å²) in [6.45, 7) is 23.3. The third-order valence-electron chi connectivity index (χ3n) is 9.36. The van der Waals surface area contributed by atoms with Gasteiger partial charge in [-0.15, -0.1) is 0 Å². The predicted molar refractivity (Wildman–Crippen MR) is 180 cm³/mol. The molecule has 0 radical (unpaired) electrons. The van der Waals surface area contributed by atoms with Gasteiger partial charge in [0.2, 0.25) is 5.88 Å². The second-order valence-electron chi connectivity index (χ2n) is 14.7. The molecule has 0 bridgehead atoms. The Labute approximate surface area is 275 Å². The van der Waals surface area contributed by atoms with Crippen LogP contribution in [0.2, 0.25) is 36.3 Å². The van der Waals surface area contributed by atoms with Crippen LogP contribution in [0.1, 0.15) is 78.3 Å². The number of rotatable bonds is 13. The van der Waals surface area contributed by atoms with Crippen LogP contribution in [0.15, 0.2) is 35.3 Å². The molecule has 1 fully saturated rings. The normalized spacial score (nSPS) is 20.8. The van der Waals surface area contributed by atoms with Gasteiger partial charge in [0.15, 0.2) is 16.6 Å². The summed E-state index contributed by atoms with van der Waals surface area (Å²) in [5.74, 6) is -0.387. The molecule has 1 N–H and O–H groups in total. The average Bonchev–Trinajstić information content (AvgIpc) is 3.31. The summed E-state index contributed by atoms with van der Waals surface area (Å²) in [7, 11) is -4.39. The van der Waals surface area contributed by atoms with Crippen molar-refractivity contribution >= 4 is 33.7 Å². The summed E-state index contributed by atoms with van der Waals surface area (Å²) in [6, 6.07) is 6.19. The number of benzene rings is 1. The predicted octanol–water partition coefficient (Wildman–Crippen LogP) is 6.64. The van der Waals surface area contributed by atoms with E-state index in [0.717, 1.165) is 0 Å². The summed E-state index contributed by atoms with van der Waals surface area (Å²) in [6.07, 6.45) is -0.562. The van der Waals surface area contributed by atoms with Crippen molar-refractivity contribution in [2.75, 3.05) is 6.61 Å². The molecular weight excluding hydrogens is 651 g/mol. The fourth-order valence-corrected chi connectivity index (χ4v) is 7.10. The van der Waals surface area contributed by atoms with Gasteiger partial charge in [-0.05, 0) is 49.3 Å². The van der Waals surface area contributed by atoms with E-state index in [0.29, 0.717) is 18.6 Å². The molecule has 1 saturated heterocycles. The van der Waals surface area contributed by atoms with Crippen molar-refractivity contribution in [2.45, 2.75) is 122 Å².